The Kier molecular flexibility index (Phi) is 5.12. The molecule has 0 bridgehead atoms. The number of nitrogens with zero attached hydrogens (tertiary/aromatic N) is 4. The summed E-state index contributed by atoms with van der Waals surface area (Å²) in [6.45, 7) is 0. The molecule has 2 aromatic heterocycles. The third-order valence-corrected chi connectivity index (χ3v) is 6.66. The van der Waals surface area contributed by atoms with E-state index in [0.29, 0.717) is 11.3 Å². The van der Waals surface area contributed by atoms with Gasteiger partial charge in [-0.05, 0) is 42.5 Å². The molecule has 0 atom stereocenters. The first-order valence-electron chi connectivity index (χ1n) is 11.7. The lowest BCUT2D eigenvalue weighted by Crippen LogP contribution is -2.43. The summed E-state index contributed by atoms with van der Waals surface area (Å²) in [5, 5.41) is 7.23. The first-order chi connectivity index (χ1) is 17.1. The van der Waals surface area contributed by atoms with E-state index >= 15 is 0 Å². The molecule has 1 fully saturated rings. The number of nitrogens with two attached hydrogens (primary N) is 1. The molecule has 0 spiro atoms. The van der Waals surface area contributed by atoms with Crippen molar-refractivity contribution in [2.24, 2.45) is 5.73 Å². The largest absolute Gasteiger partial charge is 0.321 e. The fourth-order valence-corrected chi connectivity index (χ4v) is 4.49. The van der Waals surface area contributed by atoms with Gasteiger partial charge in [0.25, 0.3) is 17.6 Å². The smallest absolute Gasteiger partial charge is 0.258 e. The summed E-state index contributed by atoms with van der Waals surface area (Å²) in [4.78, 5) is 21.9. The van der Waals surface area contributed by atoms with Gasteiger partial charge < -0.3 is 5.73 Å². The Balaban J connectivity index is 1.41. The number of anilines is 1. The number of amides is 1. The van der Waals surface area contributed by atoms with Crippen molar-refractivity contribution in [1.29, 1.82) is 0 Å². The lowest BCUT2D eigenvalue weighted by atomic mass is 9.72. The van der Waals surface area contributed by atoms with E-state index < -0.39 is 0 Å². The molecule has 1 saturated carbocycles. The molecule has 0 saturated heterocycles. The Morgan fingerprint density at radius 3 is 2.20 bits per heavy atom. The molecule has 172 valence electrons. The summed E-state index contributed by atoms with van der Waals surface area (Å²) < 4.78 is 1.60. The molecule has 0 aliphatic heterocycles. The van der Waals surface area contributed by atoms with Crippen molar-refractivity contribution in [3.8, 4) is 22.4 Å². The van der Waals surface area contributed by atoms with Crippen LogP contribution in [0.4, 0.5) is 5.95 Å². The van der Waals surface area contributed by atoms with Gasteiger partial charge in [0.15, 0.2) is 0 Å². The van der Waals surface area contributed by atoms with Crippen LogP contribution in [-0.2, 0) is 5.54 Å². The van der Waals surface area contributed by atoms with Crippen LogP contribution in [0.15, 0.2) is 91.1 Å². The number of hydrogen-bond donors (Lipinski definition) is 2. The zero-order valence-electron chi connectivity index (χ0n) is 19.1. The minimum Gasteiger partial charge on any atom is -0.321 e. The van der Waals surface area contributed by atoms with Crippen LogP contribution in [0.5, 0.6) is 0 Å². The predicted molar refractivity (Wildman–Crippen MR) is 136 cm³/mol. The Morgan fingerprint density at radius 2 is 1.54 bits per heavy atom. The molecule has 0 unspecified atom stereocenters. The summed E-state index contributed by atoms with van der Waals surface area (Å²) in [5.74, 6) is 0.335. The van der Waals surface area contributed by atoms with E-state index in [-0.39, 0.29) is 17.4 Å². The minimum absolute atomic E-state index is 0.202. The van der Waals surface area contributed by atoms with Crippen LogP contribution in [0.25, 0.3) is 28.2 Å². The van der Waals surface area contributed by atoms with Crippen LogP contribution >= 0.6 is 0 Å². The normalized spacial score (nSPS) is 14.4. The van der Waals surface area contributed by atoms with Gasteiger partial charge in [-0.3, -0.25) is 10.1 Å². The Bertz CT molecular complexity index is 1510. The van der Waals surface area contributed by atoms with Gasteiger partial charge in [-0.25, -0.2) is 9.50 Å². The molecule has 35 heavy (non-hydrogen) atoms. The van der Waals surface area contributed by atoms with Gasteiger partial charge in [0.1, 0.15) is 0 Å². The van der Waals surface area contributed by atoms with Gasteiger partial charge in [-0.1, -0.05) is 72.8 Å². The summed E-state index contributed by atoms with van der Waals surface area (Å²) in [6.07, 6.45) is 5.11. The second kappa shape index (κ2) is 8.45. The van der Waals surface area contributed by atoms with Crippen molar-refractivity contribution in [2.45, 2.75) is 24.8 Å². The highest BCUT2D eigenvalue weighted by Gasteiger charge is 2.34. The van der Waals surface area contributed by atoms with Gasteiger partial charge in [0.05, 0.1) is 5.69 Å². The molecular formula is C28H24N6O. The second-order valence-electron chi connectivity index (χ2n) is 8.96. The van der Waals surface area contributed by atoms with Crippen molar-refractivity contribution >= 4 is 17.6 Å². The highest BCUT2D eigenvalue weighted by Crippen LogP contribution is 2.39. The van der Waals surface area contributed by atoms with Crippen LogP contribution in [0.2, 0.25) is 0 Å². The van der Waals surface area contributed by atoms with Gasteiger partial charge >= 0.3 is 0 Å². The van der Waals surface area contributed by atoms with Crippen molar-refractivity contribution in [3.63, 3.8) is 0 Å². The molecule has 1 aliphatic rings. The second-order valence-corrected chi connectivity index (χ2v) is 8.96. The Labute approximate surface area is 202 Å². The van der Waals surface area contributed by atoms with Crippen molar-refractivity contribution in [3.05, 3.63) is 102 Å². The van der Waals surface area contributed by atoms with Gasteiger partial charge in [-0.2, -0.15) is 4.98 Å². The van der Waals surface area contributed by atoms with E-state index in [1.807, 2.05) is 54.7 Å². The molecule has 7 nitrogen and oxygen atoms in total. The standard InChI is InChI=1S/C28H24N6O/c29-28(16-7-17-28)22-14-12-20(13-15-22)24-23(19-8-3-1-4-9-19)18-34-27(30-24)32-26(33-34)31-25(35)21-10-5-2-6-11-21/h1-6,8-15,18H,7,16-17,29H2,(H,31,33,35). The first kappa shape index (κ1) is 21.2. The number of hydrogen-bond acceptors (Lipinski definition) is 5. The van der Waals surface area contributed by atoms with Crippen LogP contribution in [0, 0.1) is 0 Å². The molecule has 1 amide bonds. The maximum Gasteiger partial charge on any atom is 0.258 e. The van der Waals surface area contributed by atoms with E-state index in [2.05, 4.69) is 39.7 Å². The molecule has 6 rings (SSSR count). The number of fused-ring (bicyclic) bond motifs is 1. The SMILES string of the molecule is NC1(c2ccc(-c3nc4nc(NC(=O)c5ccccc5)nn4cc3-c3ccccc3)cc2)CCC1. The van der Waals surface area contributed by atoms with Crippen molar-refractivity contribution < 1.29 is 4.79 Å². The van der Waals surface area contributed by atoms with Crippen LogP contribution in [-0.4, -0.2) is 25.5 Å². The zero-order valence-corrected chi connectivity index (χ0v) is 19.1. The average molecular weight is 461 g/mol. The van der Waals surface area contributed by atoms with Crippen LogP contribution in [0.3, 0.4) is 0 Å². The molecule has 0 radical (unpaired) electrons. The molecule has 2 heterocycles. The number of nitrogens with one attached hydrogen (secondary N) is 1. The Morgan fingerprint density at radius 1 is 0.857 bits per heavy atom. The quantitative estimate of drug-likeness (QED) is 0.383. The third-order valence-electron chi connectivity index (χ3n) is 6.66. The highest BCUT2D eigenvalue weighted by atomic mass is 16.1. The van der Waals surface area contributed by atoms with E-state index in [0.717, 1.165) is 40.8 Å². The van der Waals surface area contributed by atoms with Gasteiger partial charge in [0.2, 0.25) is 0 Å². The Hall–Kier alpha value is -4.36. The fourth-order valence-electron chi connectivity index (χ4n) is 4.49. The number of aromatic nitrogens is 4. The van der Waals surface area contributed by atoms with Gasteiger partial charge in [0, 0.05) is 28.4 Å². The van der Waals surface area contributed by atoms with E-state index in [9.17, 15) is 4.79 Å². The molecule has 3 N–H and O–H groups in total. The van der Waals surface area contributed by atoms with Crippen molar-refractivity contribution in [2.75, 3.05) is 5.32 Å². The molecular weight excluding hydrogens is 436 g/mol. The zero-order chi connectivity index (χ0) is 23.8. The third kappa shape index (κ3) is 3.96. The molecule has 3 aromatic carbocycles. The molecule has 1 aliphatic carbocycles. The summed E-state index contributed by atoms with van der Waals surface area (Å²) >= 11 is 0. The van der Waals surface area contributed by atoms with Crippen molar-refractivity contribution in [1.82, 2.24) is 19.6 Å². The topological polar surface area (TPSA) is 98.2 Å². The van der Waals surface area contributed by atoms with E-state index in [4.69, 9.17) is 10.7 Å². The summed E-state index contributed by atoms with van der Waals surface area (Å²) in [7, 11) is 0. The fraction of sp³-hybridized carbons (Fsp3) is 0.143. The van der Waals surface area contributed by atoms with E-state index in [1.54, 1.807) is 16.6 Å². The first-order valence-corrected chi connectivity index (χ1v) is 11.7. The maximum atomic E-state index is 12.6. The summed E-state index contributed by atoms with van der Waals surface area (Å²) in [5.41, 5.74) is 11.7. The predicted octanol–water partition coefficient (Wildman–Crippen LogP) is 5.05. The lowest BCUT2D eigenvalue weighted by Gasteiger charge is -2.38. The average Bonchev–Trinajstić information content (AvgIpc) is 3.29. The number of rotatable bonds is 5. The van der Waals surface area contributed by atoms with Crippen LogP contribution < -0.4 is 11.1 Å². The maximum absolute atomic E-state index is 12.6. The minimum atomic E-state index is -0.271. The number of carbonyl (C=O) groups excluding carboxylic acids is 1. The van der Waals surface area contributed by atoms with Gasteiger partial charge in [-0.15, -0.1) is 5.10 Å². The highest BCUT2D eigenvalue weighted by molar-refractivity contribution is 6.03. The van der Waals surface area contributed by atoms with Crippen LogP contribution in [0.1, 0.15) is 35.2 Å². The summed E-state index contributed by atoms with van der Waals surface area (Å²) in [6, 6.07) is 27.4. The molecule has 5 aromatic rings. The van der Waals surface area contributed by atoms with E-state index in [1.165, 1.54) is 6.42 Å². The number of benzene rings is 3. The monoisotopic (exact) mass is 460 g/mol. The molecule has 7 heteroatoms. The number of carbonyl (C=O) groups is 1. The lowest BCUT2D eigenvalue weighted by molar-refractivity contribution is 0.102.